The van der Waals surface area contributed by atoms with Crippen molar-refractivity contribution in [2.45, 2.75) is 31.0 Å². The van der Waals surface area contributed by atoms with Crippen LogP contribution >= 0.6 is 11.8 Å². The van der Waals surface area contributed by atoms with E-state index in [1.54, 1.807) is 11.8 Å². The molecule has 0 radical (unpaired) electrons. The first-order valence-corrected chi connectivity index (χ1v) is 8.23. The number of para-hydroxylation sites is 1. The lowest BCUT2D eigenvalue weighted by Gasteiger charge is -2.31. The Bertz CT molecular complexity index is 457. The lowest BCUT2D eigenvalue weighted by atomic mass is 10.2. The number of thioether (sulfide) groups is 1. The SMILES string of the molecule is CSc1ccccc1NC(=O)C[NH+]1C[C@@H](C)O[C@@H](C)C1. The molecule has 1 unspecified atom stereocenters. The molecule has 1 saturated heterocycles. The molecule has 1 aromatic carbocycles. The molecule has 20 heavy (non-hydrogen) atoms. The van der Waals surface area contributed by atoms with Crippen LogP contribution in [0.1, 0.15) is 13.8 Å². The van der Waals surface area contributed by atoms with Crippen LogP contribution in [0.15, 0.2) is 29.2 Å². The monoisotopic (exact) mass is 295 g/mol. The number of hydrogen-bond donors (Lipinski definition) is 2. The Hall–Kier alpha value is -1.04. The number of carbonyl (C=O) groups is 1. The summed E-state index contributed by atoms with van der Waals surface area (Å²) in [5, 5.41) is 3.02. The molecule has 0 aliphatic carbocycles. The standard InChI is InChI=1S/C15H22N2O2S/c1-11-8-17(9-12(2)19-11)10-15(18)16-13-6-4-5-7-14(13)20-3/h4-7,11-12H,8-10H2,1-3H3,(H,16,18)/p+1/t11-,12+. The van der Waals surface area contributed by atoms with Crippen molar-refractivity contribution in [2.75, 3.05) is 31.2 Å². The molecule has 0 aromatic heterocycles. The number of benzene rings is 1. The van der Waals surface area contributed by atoms with Gasteiger partial charge in [0.2, 0.25) is 0 Å². The minimum Gasteiger partial charge on any atom is -0.364 e. The van der Waals surface area contributed by atoms with E-state index >= 15 is 0 Å². The molecule has 2 N–H and O–H groups in total. The fraction of sp³-hybridized carbons (Fsp3) is 0.533. The Balaban J connectivity index is 1.92. The Labute approximate surface area is 124 Å². The largest absolute Gasteiger partial charge is 0.364 e. The van der Waals surface area contributed by atoms with Crippen molar-refractivity contribution in [2.24, 2.45) is 0 Å². The van der Waals surface area contributed by atoms with E-state index in [1.165, 1.54) is 4.90 Å². The average molecular weight is 295 g/mol. The number of anilines is 1. The van der Waals surface area contributed by atoms with E-state index in [1.807, 2.05) is 30.5 Å². The number of nitrogens with one attached hydrogen (secondary N) is 2. The number of amides is 1. The summed E-state index contributed by atoms with van der Waals surface area (Å²) in [5.41, 5.74) is 0.902. The van der Waals surface area contributed by atoms with E-state index in [4.69, 9.17) is 4.74 Å². The number of rotatable bonds is 4. The van der Waals surface area contributed by atoms with E-state index < -0.39 is 0 Å². The minimum atomic E-state index is 0.0720. The molecule has 0 saturated carbocycles. The second-order valence-electron chi connectivity index (χ2n) is 5.34. The normalized spacial score (nSPS) is 26.2. The van der Waals surface area contributed by atoms with Crippen LogP contribution in [-0.2, 0) is 9.53 Å². The molecule has 110 valence electrons. The van der Waals surface area contributed by atoms with Crippen LogP contribution in [0.4, 0.5) is 5.69 Å². The van der Waals surface area contributed by atoms with Gasteiger partial charge in [-0.2, -0.15) is 0 Å². The highest BCUT2D eigenvalue weighted by atomic mass is 32.2. The Kier molecular flexibility index (Phi) is 5.46. The molecule has 1 fully saturated rings. The summed E-state index contributed by atoms with van der Waals surface area (Å²) < 4.78 is 5.70. The van der Waals surface area contributed by atoms with E-state index in [9.17, 15) is 4.79 Å². The van der Waals surface area contributed by atoms with Crippen molar-refractivity contribution < 1.29 is 14.4 Å². The smallest absolute Gasteiger partial charge is 0.279 e. The Morgan fingerprint density at radius 3 is 2.65 bits per heavy atom. The fourth-order valence-electron chi connectivity index (χ4n) is 2.70. The van der Waals surface area contributed by atoms with Gasteiger partial charge in [0.15, 0.2) is 6.54 Å². The fourth-order valence-corrected chi connectivity index (χ4v) is 3.26. The van der Waals surface area contributed by atoms with E-state index in [-0.39, 0.29) is 18.1 Å². The maximum absolute atomic E-state index is 12.2. The quantitative estimate of drug-likeness (QED) is 0.816. The highest BCUT2D eigenvalue weighted by Gasteiger charge is 2.27. The van der Waals surface area contributed by atoms with Crippen LogP contribution < -0.4 is 10.2 Å². The highest BCUT2D eigenvalue weighted by molar-refractivity contribution is 7.98. The summed E-state index contributed by atoms with van der Waals surface area (Å²) in [6, 6.07) is 7.90. The zero-order valence-electron chi connectivity index (χ0n) is 12.3. The lowest BCUT2D eigenvalue weighted by Crippen LogP contribution is -3.16. The summed E-state index contributed by atoms with van der Waals surface area (Å²) >= 11 is 1.64. The molecule has 0 spiro atoms. The molecular formula is C15H23N2O2S+. The average Bonchev–Trinajstić information content (AvgIpc) is 2.37. The summed E-state index contributed by atoms with van der Waals surface area (Å²) in [6.45, 7) is 6.41. The molecular weight excluding hydrogens is 272 g/mol. The van der Waals surface area contributed by atoms with Gasteiger partial charge in [-0.05, 0) is 32.2 Å². The Morgan fingerprint density at radius 2 is 2.00 bits per heavy atom. The summed E-state index contributed by atoms with van der Waals surface area (Å²) in [4.78, 5) is 14.6. The number of morpholine rings is 1. The third-order valence-electron chi connectivity index (χ3n) is 3.41. The summed E-state index contributed by atoms with van der Waals surface area (Å²) in [7, 11) is 0. The van der Waals surface area contributed by atoms with E-state index in [2.05, 4.69) is 19.2 Å². The zero-order valence-corrected chi connectivity index (χ0v) is 13.1. The second-order valence-corrected chi connectivity index (χ2v) is 6.19. The molecule has 1 aromatic rings. The third-order valence-corrected chi connectivity index (χ3v) is 4.20. The van der Waals surface area contributed by atoms with Crippen molar-refractivity contribution in [3.63, 3.8) is 0 Å². The molecule has 2 rings (SSSR count). The van der Waals surface area contributed by atoms with Gasteiger partial charge in [-0.3, -0.25) is 4.79 Å². The first kappa shape index (κ1) is 15.4. The van der Waals surface area contributed by atoms with Crippen LogP contribution in [0, 0.1) is 0 Å². The third kappa shape index (κ3) is 4.23. The maximum atomic E-state index is 12.2. The molecule has 1 amide bonds. The molecule has 5 heteroatoms. The number of carbonyl (C=O) groups excluding carboxylic acids is 1. The van der Waals surface area contributed by atoms with Crippen LogP contribution in [-0.4, -0.2) is 44.0 Å². The van der Waals surface area contributed by atoms with Crippen molar-refractivity contribution in [1.82, 2.24) is 0 Å². The first-order valence-electron chi connectivity index (χ1n) is 7.00. The van der Waals surface area contributed by atoms with Gasteiger partial charge >= 0.3 is 0 Å². The first-order chi connectivity index (χ1) is 9.58. The minimum absolute atomic E-state index is 0.0720. The van der Waals surface area contributed by atoms with Gasteiger partial charge in [-0.1, -0.05) is 12.1 Å². The number of quaternary nitrogens is 1. The molecule has 4 nitrogen and oxygen atoms in total. The van der Waals surface area contributed by atoms with Gasteiger partial charge in [-0.15, -0.1) is 11.8 Å². The number of hydrogen-bond acceptors (Lipinski definition) is 3. The molecule has 1 aliphatic rings. The van der Waals surface area contributed by atoms with Crippen LogP contribution in [0.25, 0.3) is 0 Å². The maximum Gasteiger partial charge on any atom is 0.279 e. The van der Waals surface area contributed by atoms with Crippen molar-refractivity contribution in [3.8, 4) is 0 Å². The molecule has 0 bridgehead atoms. The number of ether oxygens (including phenoxy) is 1. The van der Waals surface area contributed by atoms with Gasteiger partial charge in [0.25, 0.3) is 5.91 Å². The van der Waals surface area contributed by atoms with Crippen LogP contribution in [0.3, 0.4) is 0 Å². The van der Waals surface area contributed by atoms with Crippen molar-refractivity contribution >= 4 is 23.4 Å². The van der Waals surface area contributed by atoms with Gasteiger partial charge in [0.1, 0.15) is 25.3 Å². The van der Waals surface area contributed by atoms with E-state index in [0.717, 1.165) is 23.7 Å². The van der Waals surface area contributed by atoms with Gasteiger partial charge in [0, 0.05) is 4.90 Å². The van der Waals surface area contributed by atoms with Crippen LogP contribution in [0.2, 0.25) is 0 Å². The predicted molar refractivity (Wildman–Crippen MR) is 82.4 cm³/mol. The van der Waals surface area contributed by atoms with Gasteiger partial charge in [-0.25, -0.2) is 0 Å². The molecule has 3 atom stereocenters. The zero-order chi connectivity index (χ0) is 14.5. The summed E-state index contributed by atoms with van der Waals surface area (Å²) in [5.74, 6) is 0.0720. The van der Waals surface area contributed by atoms with Gasteiger partial charge < -0.3 is 15.0 Å². The molecule has 1 aliphatic heterocycles. The highest BCUT2D eigenvalue weighted by Crippen LogP contribution is 2.24. The van der Waals surface area contributed by atoms with Gasteiger partial charge in [0.05, 0.1) is 5.69 Å². The second kappa shape index (κ2) is 7.11. The van der Waals surface area contributed by atoms with Crippen molar-refractivity contribution in [3.05, 3.63) is 24.3 Å². The lowest BCUT2D eigenvalue weighted by molar-refractivity contribution is -0.907. The van der Waals surface area contributed by atoms with E-state index in [0.29, 0.717) is 6.54 Å². The summed E-state index contributed by atoms with van der Waals surface area (Å²) in [6.07, 6.45) is 2.46. The Morgan fingerprint density at radius 1 is 1.35 bits per heavy atom. The molecule has 1 heterocycles. The van der Waals surface area contributed by atoms with Crippen LogP contribution in [0.5, 0.6) is 0 Å². The van der Waals surface area contributed by atoms with Crippen molar-refractivity contribution in [1.29, 1.82) is 0 Å². The topological polar surface area (TPSA) is 42.8 Å². The predicted octanol–water partition coefficient (Wildman–Crippen LogP) is 1.04.